The highest BCUT2D eigenvalue weighted by atomic mass is 32.1. The molecule has 1 amide bonds. The van der Waals surface area contributed by atoms with Crippen molar-refractivity contribution in [3.8, 4) is 11.8 Å². The summed E-state index contributed by atoms with van der Waals surface area (Å²) >= 11 is 1.31. The Hall–Kier alpha value is -2.09. The van der Waals surface area contributed by atoms with E-state index in [0.717, 1.165) is 16.1 Å². The molecule has 0 aliphatic rings. The largest absolute Gasteiger partial charge is 0.384 e. The van der Waals surface area contributed by atoms with Crippen LogP contribution in [0.25, 0.3) is 0 Å². The first-order valence-corrected chi connectivity index (χ1v) is 6.58. The van der Waals surface area contributed by atoms with E-state index in [9.17, 15) is 4.79 Å². The van der Waals surface area contributed by atoms with E-state index in [4.69, 9.17) is 5.11 Å². The van der Waals surface area contributed by atoms with Crippen molar-refractivity contribution in [2.45, 2.75) is 6.92 Å². The summed E-state index contributed by atoms with van der Waals surface area (Å²) < 4.78 is 0. The summed E-state index contributed by atoms with van der Waals surface area (Å²) in [5.41, 5.74) is 1.92. The molecule has 19 heavy (non-hydrogen) atoms. The molecule has 0 bridgehead atoms. The third kappa shape index (κ3) is 3.68. The first-order chi connectivity index (χ1) is 9.19. The number of aliphatic hydroxyl groups excluding tert-OH is 1. The van der Waals surface area contributed by atoms with Crippen molar-refractivity contribution < 1.29 is 9.90 Å². The topological polar surface area (TPSA) is 49.3 Å². The molecule has 1 aromatic heterocycles. The molecule has 0 saturated heterocycles. The molecular weight excluding hydrogens is 258 g/mol. The van der Waals surface area contributed by atoms with Crippen molar-refractivity contribution >= 4 is 22.9 Å². The van der Waals surface area contributed by atoms with Crippen molar-refractivity contribution in [2.75, 3.05) is 11.9 Å². The van der Waals surface area contributed by atoms with Crippen LogP contribution in [-0.2, 0) is 0 Å². The van der Waals surface area contributed by atoms with E-state index >= 15 is 0 Å². The van der Waals surface area contributed by atoms with Gasteiger partial charge in [-0.05, 0) is 31.2 Å². The smallest absolute Gasteiger partial charge is 0.265 e. The van der Waals surface area contributed by atoms with Gasteiger partial charge in [0.25, 0.3) is 5.91 Å². The lowest BCUT2D eigenvalue weighted by Gasteiger charge is -2.03. The van der Waals surface area contributed by atoms with Crippen LogP contribution in [0.5, 0.6) is 0 Å². The van der Waals surface area contributed by atoms with Crippen LogP contribution in [0.1, 0.15) is 20.1 Å². The van der Waals surface area contributed by atoms with E-state index < -0.39 is 0 Å². The van der Waals surface area contributed by atoms with E-state index in [1.54, 1.807) is 12.1 Å². The molecule has 0 fully saturated rings. The fourth-order valence-electron chi connectivity index (χ4n) is 1.48. The zero-order valence-corrected chi connectivity index (χ0v) is 11.3. The van der Waals surface area contributed by atoms with Crippen LogP contribution in [0, 0.1) is 18.8 Å². The Morgan fingerprint density at radius 2 is 2.00 bits per heavy atom. The quantitative estimate of drug-likeness (QED) is 0.825. The zero-order chi connectivity index (χ0) is 13.7. The van der Waals surface area contributed by atoms with Crippen LogP contribution in [0.3, 0.4) is 0 Å². The highest BCUT2D eigenvalue weighted by molar-refractivity contribution is 7.14. The molecule has 0 unspecified atom stereocenters. The summed E-state index contributed by atoms with van der Waals surface area (Å²) in [6.07, 6.45) is 0. The van der Waals surface area contributed by atoms with Gasteiger partial charge in [-0.1, -0.05) is 29.5 Å². The molecule has 0 saturated carbocycles. The Kier molecular flexibility index (Phi) is 4.35. The monoisotopic (exact) mass is 271 g/mol. The van der Waals surface area contributed by atoms with Gasteiger partial charge in [0.1, 0.15) is 6.61 Å². The van der Waals surface area contributed by atoms with Crippen LogP contribution in [0.15, 0.2) is 36.4 Å². The lowest BCUT2D eigenvalue weighted by atomic mass is 10.2. The van der Waals surface area contributed by atoms with Gasteiger partial charge < -0.3 is 10.4 Å². The Balaban J connectivity index is 2.07. The third-order valence-corrected chi connectivity index (χ3v) is 3.43. The first-order valence-electron chi connectivity index (χ1n) is 5.76. The molecule has 0 aliphatic heterocycles. The minimum absolute atomic E-state index is 0.147. The number of nitrogens with one attached hydrogen (secondary N) is 1. The molecule has 1 heterocycles. The highest BCUT2D eigenvalue weighted by Crippen LogP contribution is 2.17. The lowest BCUT2D eigenvalue weighted by molar-refractivity contribution is 0.103. The van der Waals surface area contributed by atoms with Crippen LogP contribution >= 0.6 is 11.3 Å². The van der Waals surface area contributed by atoms with E-state index in [2.05, 4.69) is 17.2 Å². The zero-order valence-electron chi connectivity index (χ0n) is 10.4. The maximum Gasteiger partial charge on any atom is 0.265 e. The SMILES string of the molecule is Cc1ccc(NC(=O)c2ccc(C#CCO)s2)cc1. The first kappa shape index (κ1) is 13.3. The van der Waals surface area contributed by atoms with E-state index in [0.29, 0.717) is 4.88 Å². The Labute approximate surface area is 115 Å². The van der Waals surface area contributed by atoms with E-state index in [1.807, 2.05) is 31.2 Å². The lowest BCUT2D eigenvalue weighted by Crippen LogP contribution is -2.09. The van der Waals surface area contributed by atoms with E-state index in [1.165, 1.54) is 11.3 Å². The average molecular weight is 271 g/mol. The summed E-state index contributed by atoms with van der Waals surface area (Å²) in [6, 6.07) is 11.1. The van der Waals surface area contributed by atoms with Crippen LogP contribution in [0.2, 0.25) is 0 Å². The molecule has 3 nitrogen and oxygen atoms in total. The van der Waals surface area contributed by atoms with E-state index in [-0.39, 0.29) is 12.5 Å². The number of anilines is 1. The summed E-state index contributed by atoms with van der Waals surface area (Å²) in [6.45, 7) is 1.82. The highest BCUT2D eigenvalue weighted by Gasteiger charge is 2.08. The van der Waals surface area contributed by atoms with Crippen LogP contribution in [0.4, 0.5) is 5.69 Å². The average Bonchev–Trinajstić information content (AvgIpc) is 2.88. The molecular formula is C15H13NO2S. The van der Waals surface area contributed by atoms with Gasteiger partial charge in [-0.25, -0.2) is 0 Å². The van der Waals surface area contributed by atoms with Gasteiger partial charge in [0.15, 0.2) is 0 Å². The van der Waals surface area contributed by atoms with Crippen LogP contribution in [-0.4, -0.2) is 17.6 Å². The van der Waals surface area contributed by atoms with Gasteiger partial charge in [-0.15, -0.1) is 11.3 Å². The number of aliphatic hydroxyl groups is 1. The maximum absolute atomic E-state index is 12.0. The second-order valence-corrected chi connectivity index (χ2v) is 5.03. The normalized spacial score (nSPS) is 9.58. The number of hydrogen-bond donors (Lipinski definition) is 2. The van der Waals surface area contributed by atoms with Gasteiger partial charge in [-0.3, -0.25) is 4.79 Å². The molecule has 0 atom stereocenters. The Morgan fingerprint density at radius 1 is 1.26 bits per heavy atom. The molecule has 2 rings (SSSR count). The van der Waals surface area contributed by atoms with Crippen molar-refractivity contribution in [3.63, 3.8) is 0 Å². The number of thiophene rings is 1. The fourth-order valence-corrected chi connectivity index (χ4v) is 2.26. The molecule has 0 aliphatic carbocycles. The van der Waals surface area contributed by atoms with Gasteiger partial charge in [0, 0.05) is 5.69 Å². The number of hydrogen-bond acceptors (Lipinski definition) is 3. The van der Waals surface area contributed by atoms with Gasteiger partial charge in [0.05, 0.1) is 9.75 Å². The van der Waals surface area contributed by atoms with Crippen molar-refractivity contribution in [1.29, 1.82) is 0 Å². The Morgan fingerprint density at radius 3 is 2.68 bits per heavy atom. The van der Waals surface area contributed by atoms with Crippen LogP contribution < -0.4 is 5.32 Å². The van der Waals surface area contributed by atoms with Crippen molar-refractivity contribution in [2.24, 2.45) is 0 Å². The van der Waals surface area contributed by atoms with Gasteiger partial charge in [-0.2, -0.15) is 0 Å². The number of aryl methyl sites for hydroxylation is 1. The third-order valence-electron chi connectivity index (χ3n) is 2.43. The van der Waals surface area contributed by atoms with Crippen molar-refractivity contribution in [1.82, 2.24) is 0 Å². The molecule has 1 aromatic carbocycles. The summed E-state index contributed by atoms with van der Waals surface area (Å²) in [5, 5.41) is 11.4. The molecule has 2 N–H and O–H groups in total. The van der Waals surface area contributed by atoms with Crippen molar-refractivity contribution in [3.05, 3.63) is 51.7 Å². The predicted octanol–water partition coefficient (Wildman–Crippen LogP) is 2.65. The van der Waals surface area contributed by atoms with Gasteiger partial charge >= 0.3 is 0 Å². The Bertz CT molecular complexity index is 632. The number of benzene rings is 1. The standard InChI is InChI=1S/C15H13NO2S/c1-11-4-6-12(7-5-11)16-15(18)14-9-8-13(19-14)3-2-10-17/h4-9,17H,10H2,1H3,(H,16,18). The second kappa shape index (κ2) is 6.19. The number of amides is 1. The molecule has 96 valence electrons. The minimum Gasteiger partial charge on any atom is -0.384 e. The molecule has 4 heteroatoms. The number of rotatable bonds is 2. The summed E-state index contributed by atoms with van der Waals surface area (Å²) in [5.74, 6) is 5.19. The van der Waals surface area contributed by atoms with Gasteiger partial charge in [0.2, 0.25) is 0 Å². The molecule has 2 aromatic rings. The fraction of sp³-hybridized carbons (Fsp3) is 0.133. The summed E-state index contributed by atoms with van der Waals surface area (Å²) in [4.78, 5) is 13.4. The minimum atomic E-state index is -0.178. The number of carbonyl (C=O) groups is 1. The summed E-state index contributed by atoms with van der Waals surface area (Å²) in [7, 11) is 0. The number of carbonyl (C=O) groups excluding carboxylic acids is 1. The second-order valence-electron chi connectivity index (χ2n) is 3.94. The maximum atomic E-state index is 12.0. The molecule has 0 radical (unpaired) electrons. The molecule has 0 spiro atoms. The predicted molar refractivity (Wildman–Crippen MR) is 77.4 cm³/mol.